The maximum absolute atomic E-state index is 6.10. The zero-order valence-electron chi connectivity index (χ0n) is 12.7. The molecule has 3 nitrogen and oxygen atoms in total. The van der Waals surface area contributed by atoms with Crippen molar-refractivity contribution in [2.24, 2.45) is 4.99 Å². The minimum Gasteiger partial charge on any atom is -0.288 e. The Morgan fingerprint density at radius 1 is 1.08 bits per heavy atom. The lowest BCUT2D eigenvalue weighted by atomic mass is 10.1. The molecule has 1 aromatic heterocycles. The van der Waals surface area contributed by atoms with E-state index in [4.69, 9.17) is 23.2 Å². The molecule has 0 saturated carbocycles. The van der Waals surface area contributed by atoms with Crippen LogP contribution in [-0.2, 0) is 13.1 Å². The zero-order chi connectivity index (χ0) is 17.3. The summed E-state index contributed by atoms with van der Waals surface area (Å²) >= 11 is 18.8. The summed E-state index contributed by atoms with van der Waals surface area (Å²) < 4.78 is 3.73. The number of aromatic nitrogens is 2. The monoisotopic (exact) mass is 487 g/mol. The van der Waals surface area contributed by atoms with E-state index in [1.165, 1.54) is 5.56 Å². The van der Waals surface area contributed by atoms with E-state index in [9.17, 15) is 0 Å². The molecule has 0 N–H and O–H groups in total. The first kappa shape index (κ1) is 17.9. The Hall–Kier alpha value is -0.880. The quantitative estimate of drug-likeness (QED) is 0.383. The van der Waals surface area contributed by atoms with E-state index in [-0.39, 0.29) is 0 Å². The van der Waals surface area contributed by atoms with E-state index in [1.807, 2.05) is 41.4 Å². The highest BCUT2D eigenvalue weighted by molar-refractivity contribution is 9.10. The molecule has 2 aromatic carbocycles. The third-order valence-corrected chi connectivity index (χ3v) is 6.25. The number of fused-ring (bicyclic) bond motifs is 2. The second-order valence-electron chi connectivity index (χ2n) is 5.18. The number of aryl methyl sites for hydroxylation is 1. The molecule has 3 aromatic rings. The van der Waals surface area contributed by atoms with E-state index in [0.717, 1.165) is 48.5 Å². The zero-order valence-corrected chi connectivity index (χ0v) is 17.4. The minimum absolute atomic E-state index is 0.734. The van der Waals surface area contributed by atoms with E-state index >= 15 is 0 Å². The van der Waals surface area contributed by atoms with Gasteiger partial charge in [-0.1, -0.05) is 29.3 Å². The van der Waals surface area contributed by atoms with Crippen LogP contribution in [0.25, 0.3) is 10.9 Å². The second kappa shape index (κ2) is 7.56. The van der Waals surface area contributed by atoms with E-state index < -0.39 is 0 Å². The predicted molar refractivity (Wildman–Crippen MR) is 109 cm³/mol. The van der Waals surface area contributed by atoms with Crippen molar-refractivity contribution < 1.29 is 0 Å². The van der Waals surface area contributed by atoms with Crippen LogP contribution in [0.4, 0.5) is 0 Å². The van der Waals surface area contributed by atoms with Crippen molar-refractivity contribution in [3.8, 4) is 0 Å². The first-order valence-electron chi connectivity index (χ1n) is 7.29. The Morgan fingerprint density at radius 3 is 2.54 bits per heavy atom. The van der Waals surface area contributed by atoms with Gasteiger partial charge in [-0.2, -0.15) is 5.10 Å². The van der Waals surface area contributed by atoms with Crippen LogP contribution in [0.5, 0.6) is 0 Å². The summed E-state index contributed by atoms with van der Waals surface area (Å²) in [6, 6.07) is 7.86. The van der Waals surface area contributed by atoms with Gasteiger partial charge in [-0.3, -0.25) is 9.67 Å². The summed E-state index contributed by atoms with van der Waals surface area (Å²) in [4.78, 5) is 4.12. The third kappa shape index (κ3) is 3.54. The van der Waals surface area contributed by atoms with Gasteiger partial charge in [0.1, 0.15) is 0 Å². The minimum atomic E-state index is 0.734. The number of nitrogens with zero attached hydrogens (tertiary/aromatic N) is 3. The summed E-state index contributed by atoms with van der Waals surface area (Å²) in [5.74, 6) is 0. The summed E-state index contributed by atoms with van der Waals surface area (Å²) in [6.45, 7) is 3.68. The maximum Gasteiger partial charge on any atom is 0.0939 e. The van der Waals surface area contributed by atoms with Crippen molar-refractivity contribution in [1.82, 2.24) is 9.78 Å². The molecule has 0 saturated heterocycles. The van der Waals surface area contributed by atoms with Crippen molar-refractivity contribution in [2.75, 3.05) is 0 Å². The molecular formula is C17H13Br2Cl2N3. The van der Waals surface area contributed by atoms with E-state index in [2.05, 4.69) is 48.9 Å². The van der Waals surface area contributed by atoms with Crippen LogP contribution in [0.15, 0.2) is 44.4 Å². The molecule has 0 fully saturated rings. The topological polar surface area (TPSA) is 30.2 Å². The van der Waals surface area contributed by atoms with Crippen LogP contribution in [0.1, 0.15) is 18.1 Å². The molecule has 0 amide bonds. The molecule has 0 radical (unpaired) electrons. The maximum atomic E-state index is 6.10. The highest BCUT2D eigenvalue weighted by Crippen LogP contribution is 2.31. The lowest BCUT2D eigenvalue weighted by Gasteiger charge is -2.00. The number of hydrogen-bond acceptors (Lipinski definition) is 2. The fraction of sp³-hybridized carbons (Fsp3) is 0.176. The first-order chi connectivity index (χ1) is 11.5. The molecule has 0 aliphatic carbocycles. The number of halogens is 4. The SMILES string of the molecule is CCn1cc2c(Cl)c(Br)ccc2n1.Clc1c(Br)ccc2c1C=NC2. The molecule has 7 heteroatoms. The molecule has 0 atom stereocenters. The Balaban J connectivity index is 0.000000143. The van der Waals surface area contributed by atoms with Gasteiger partial charge in [-0.15, -0.1) is 0 Å². The van der Waals surface area contributed by atoms with Crippen LogP contribution in [0, 0.1) is 0 Å². The van der Waals surface area contributed by atoms with Gasteiger partial charge in [0, 0.05) is 38.9 Å². The lowest BCUT2D eigenvalue weighted by molar-refractivity contribution is 0.668. The van der Waals surface area contributed by atoms with Gasteiger partial charge >= 0.3 is 0 Å². The van der Waals surface area contributed by atoms with Crippen molar-refractivity contribution in [2.45, 2.75) is 20.0 Å². The number of aliphatic imine (C=N–C) groups is 1. The van der Waals surface area contributed by atoms with Crippen LogP contribution in [0.2, 0.25) is 10.0 Å². The van der Waals surface area contributed by atoms with Crippen molar-refractivity contribution in [3.05, 3.63) is 60.6 Å². The van der Waals surface area contributed by atoms with Crippen molar-refractivity contribution in [1.29, 1.82) is 0 Å². The molecule has 2 heterocycles. The fourth-order valence-electron chi connectivity index (χ4n) is 2.36. The normalized spacial score (nSPS) is 12.2. The standard InChI is InChI=1S/C9H8BrClN2.C8H5BrClN/c1-2-13-5-6-8(12-13)4-3-7(10)9(6)11;9-7-2-1-5-3-11-4-6(5)8(7)10/h3-5H,2H2,1H3;1-2,4H,3H2. The van der Waals surface area contributed by atoms with Gasteiger partial charge in [-0.25, -0.2) is 0 Å². The highest BCUT2D eigenvalue weighted by atomic mass is 79.9. The average Bonchev–Trinajstić information content (AvgIpc) is 3.22. The summed E-state index contributed by atoms with van der Waals surface area (Å²) in [5.41, 5.74) is 3.20. The molecule has 0 bridgehead atoms. The van der Waals surface area contributed by atoms with Gasteiger partial charge in [0.15, 0.2) is 0 Å². The van der Waals surface area contributed by atoms with Gasteiger partial charge in [0.2, 0.25) is 0 Å². The van der Waals surface area contributed by atoms with Crippen LogP contribution in [-0.4, -0.2) is 16.0 Å². The van der Waals surface area contributed by atoms with E-state index in [0.29, 0.717) is 0 Å². The van der Waals surface area contributed by atoms with E-state index in [1.54, 1.807) is 0 Å². The summed E-state index contributed by atoms with van der Waals surface area (Å²) in [6.07, 6.45) is 3.78. The van der Waals surface area contributed by atoms with Crippen molar-refractivity contribution in [3.63, 3.8) is 0 Å². The molecular weight excluding hydrogens is 477 g/mol. The van der Waals surface area contributed by atoms with Crippen LogP contribution < -0.4 is 0 Å². The number of rotatable bonds is 1. The molecule has 1 aliphatic heterocycles. The molecule has 4 rings (SSSR count). The largest absolute Gasteiger partial charge is 0.288 e. The third-order valence-electron chi connectivity index (χ3n) is 3.65. The molecule has 1 aliphatic rings. The smallest absolute Gasteiger partial charge is 0.0939 e. The first-order valence-corrected chi connectivity index (χ1v) is 9.63. The van der Waals surface area contributed by atoms with Crippen LogP contribution >= 0.6 is 55.1 Å². The number of hydrogen-bond donors (Lipinski definition) is 0. The Kier molecular flexibility index (Phi) is 5.65. The summed E-state index contributed by atoms with van der Waals surface area (Å²) in [7, 11) is 0. The highest BCUT2D eigenvalue weighted by Gasteiger charge is 2.11. The molecule has 124 valence electrons. The number of benzene rings is 2. The Morgan fingerprint density at radius 2 is 1.79 bits per heavy atom. The molecule has 0 spiro atoms. The lowest BCUT2D eigenvalue weighted by Crippen LogP contribution is -1.92. The average molecular weight is 490 g/mol. The Labute approximate surface area is 166 Å². The second-order valence-corrected chi connectivity index (χ2v) is 7.65. The molecule has 24 heavy (non-hydrogen) atoms. The van der Waals surface area contributed by atoms with Gasteiger partial charge in [0.05, 0.1) is 22.1 Å². The van der Waals surface area contributed by atoms with Gasteiger partial charge < -0.3 is 0 Å². The van der Waals surface area contributed by atoms with Crippen LogP contribution in [0.3, 0.4) is 0 Å². The predicted octanol–water partition coefficient (Wildman–Crippen LogP) is 6.51. The van der Waals surface area contributed by atoms with Crippen molar-refractivity contribution >= 4 is 72.2 Å². The Bertz CT molecular complexity index is 935. The van der Waals surface area contributed by atoms with Gasteiger partial charge in [0.25, 0.3) is 0 Å². The summed E-state index contributed by atoms with van der Waals surface area (Å²) in [5, 5.41) is 6.84. The fourth-order valence-corrected chi connectivity index (χ4v) is 3.50. The van der Waals surface area contributed by atoms with Gasteiger partial charge in [-0.05, 0) is 62.5 Å². The molecule has 0 unspecified atom stereocenters.